The maximum atomic E-state index is 5.78. The van der Waals surface area contributed by atoms with Gasteiger partial charge < -0.3 is 11.1 Å². The number of anilines is 1. The molecular formula is C13H21N3. The molecule has 0 saturated heterocycles. The standard InChI is InChI=1S/C13H21N3/c1-9(2)8-15-13(14)16-12-6-5-10(3)11(4)7-12/h5-7,9H,8H2,1-4H3,(H3,14,15,16). The Morgan fingerprint density at radius 2 is 2.00 bits per heavy atom. The quantitative estimate of drug-likeness (QED) is 0.606. The fraction of sp³-hybridized carbons (Fsp3) is 0.462. The summed E-state index contributed by atoms with van der Waals surface area (Å²) in [6.45, 7) is 9.17. The van der Waals surface area contributed by atoms with Gasteiger partial charge in [0.05, 0.1) is 0 Å². The molecule has 0 radical (unpaired) electrons. The van der Waals surface area contributed by atoms with Crippen molar-refractivity contribution in [3.8, 4) is 0 Å². The molecule has 0 aliphatic carbocycles. The van der Waals surface area contributed by atoms with E-state index in [2.05, 4.69) is 50.1 Å². The molecule has 0 bridgehead atoms. The number of aliphatic imine (C=N–C) groups is 1. The maximum Gasteiger partial charge on any atom is 0.193 e. The Morgan fingerprint density at radius 3 is 2.56 bits per heavy atom. The lowest BCUT2D eigenvalue weighted by Crippen LogP contribution is -2.23. The Kier molecular flexibility index (Phi) is 4.35. The number of hydrogen-bond acceptors (Lipinski definition) is 1. The molecule has 1 rings (SSSR count). The third-order valence-corrected chi connectivity index (χ3v) is 2.41. The molecule has 0 amide bonds. The summed E-state index contributed by atoms with van der Waals surface area (Å²) in [6.07, 6.45) is 0. The number of nitrogens with one attached hydrogen (secondary N) is 1. The molecule has 3 N–H and O–H groups in total. The van der Waals surface area contributed by atoms with E-state index in [1.54, 1.807) is 0 Å². The second-order valence-corrected chi connectivity index (χ2v) is 4.54. The van der Waals surface area contributed by atoms with Gasteiger partial charge in [-0.2, -0.15) is 0 Å². The Morgan fingerprint density at radius 1 is 1.31 bits per heavy atom. The second-order valence-electron chi connectivity index (χ2n) is 4.54. The van der Waals surface area contributed by atoms with E-state index in [9.17, 15) is 0 Å². The molecule has 0 fully saturated rings. The van der Waals surface area contributed by atoms with Crippen molar-refractivity contribution in [3.63, 3.8) is 0 Å². The Hall–Kier alpha value is -1.51. The summed E-state index contributed by atoms with van der Waals surface area (Å²) in [7, 11) is 0. The smallest absolute Gasteiger partial charge is 0.193 e. The van der Waals surface area contributed by atoms with Gasteiger partial charge in [-0.3, -0.25) is 4.99 Å². The number of rotatable bonds is 3. The predicted molar refractivity (Wildman–Crippen MR) is 70.9 cm³/mol. The lowest BCUT2D eigenvalue weighted by Gasteiger charge is -2.08. The van der Waals surface area contributed by atoms with Crippen molar-refractivity contribution in [1.82, 2.24) is 0 Å². The van der Waals surface area contributed by atoms with Gasteiger partial charge in [0.2, 0.25) is 0 Å². The van der Waals surface area contributed by atoms with Crippen LogP contribution in [0.4, 0.5) is 5.69 Å². The van der Waals surface area contributed by atoms with Gasteiger partial charge in [-0.05, 0) is 43.0 Å². The SMILES string of the molecule is Cc1ccc(NC(N)=NCC(C)C)cc1C. The monoisotopic (exact) mass is 219 g/mol. The molecule has 3 nitrogen and oxygen atoms in total. The number of hydrogen-bond donors (Lipinski definition) is 2. The molecule has 0 spiro atoms. The first-order chi connectivity index (χ1) is 7.49. The van der Waals surface area contributed by atoms with Crippen molar-refractivity contribution < 1.29 is 0 Å². The van der Waals surface area contributed by atoms with E-state index in [4.69, 9.17) is 5.73 Å². The predicted octanol–water partition coefficient (Wildman–Crippen LogP) is 2.69. The summed E-state index contributed by atoms with van der Waals surface area (Å²) in [5.41, 5.74) is 9.31. The van der Waals surface area contributed by atoms with Crippen LogP contribution in [0.25, 0.3) is 0 Å². The zero-order valence-electron chi connectivity index (χ0n) is 10.5. The van der Waals surface area contributed by atoms with Gasteiger partial charge in [-0.15, -0.1) is 0 Å². The highest BCUT2D eigenvalue weighted by Gasteiger charge is 1.98. The summed E-state index contributed by atoms with van der Waals surface area (Å²) in [5.74, 6) is 1.01. The lowest BCUT2D eigenvalue weighted by atomic mass is 10.1. The maximum absolute atomic E-state index is 5.78. The van der Waals surface area contributed by atoms with Gasteiger partial charge in [0.25, 0.3) is 0 Å². The van der Waals surface area contributed by atoms with Gasteiger partial charge in [0, 0.05) is 12.2 Å². The van der Waals surface area contributed by atoms with E-state index in [-0.39, 0.29) is 0 Å². The summed E-state index contributed by atoms with van der Waals surface area (Å²) in [6, 6.07) is 6.17. The number of nitrogens with two attached hydrogens (primary N) is 1. The van der Waals surface area contributed by atoms with Crippen LogP contribution in [0.1, 0.15) is 25.0 Å². The largest absolute Gasteiger partial charge is 0.370 e. The Balaban J connectivity index is 2.66. The molecule has 88 valence electrons. The molecule has 3 heteroatoms. The van der Waals surface area contributed by atoms with Crippen LogP contribution in [0, 0.1) is 19.8 Å². The van der Waals surface area contributed by atoms with E-state index < -0.39 is 0 Å². The van der Waals surface area contributed by atoms with E-state index in [1.807, 2.05) is 6.07 Å². The molecule has 0 heterocycles. The molecular weight excluding hydrogens is 198 g/mol. The second kappa shape index (κ2) is 5.54. The molecule has 0 saturated carbocycles. The molecule has 1 aromatic rings. The van der Waals surface area contributed by atoms with Gasteiger partial charge in [0.1, 0.15) is 0 Å². The average Bonchev–Trinajstić information content (AvgIpc) is 2.21. The van der Waals surface area contributed by atoms with Crippen LogP contribution in [0.15, 0.2) is 23.2 Å². The molecule has 0 unspecified atom stereocenters. The molecule has 0 atom stereocenters. The molecule has 16 heavy (non-hydrogen) atoms. The van der Waals surface area contributed by atoms with Crippen LogP contribution in [-0.2, 0) is 0 Å². The number of benzene rings is 1. The zero-order valence-corrected chi connectivity index (χ0v) is 10.5. The fourth-order valence-corrected chi connectivity index (χ4v) is 1.29. The number of nitrogens with zero attached hydrogens (tertiary/aromatic N) is 1. The third-order valence-electron chi connectivity index (χ3n) is 2.41. The fourth-order valence-electron chi connectivity index (χ4n) is 1.29. The zero-order chi connectivity index (χ0) is 12.1. The van der Waals surface area contributed by atoms with Gasteiger partial charge in [0.15, 0.2) is 5.96 Å². The van der Waals surface area contributed by atoms with Crippen LogP contribution in [0.2, 0.25) is 0 Å². The van der Waals surface area contributed by atoms with Gasteiger partial charge >= 0.3 is 0 Å². The van der Waals surface area contributed by atoms with Crippen LogP contribution >= 0.6 is 0 Å². The molecule has 0 aromatic heterocycles. The topological polar surface area (TPSA) is 50.4 Å². The Bertz CT molecular complexity index is 381. The average molecular weight is 219 g/mol. The third kappa shape index (κ3) is 3.93. The highest BCUT2D eigenvalue weighted by atomic mass is 15.1. The number of aryl methyl sites for hydroxylation is 2. The summed E-state index contributed by atoms with van der Waals surface area (Å²) in [4.78, 5) is 4.25. The van der Waals surface area contributed by atoms with Gasteiger partial charge in [-0.1, -0.05) is 19.9 Å². The summed E-state index contributed by atoms with van der Waals surface area (Å²) >= 11 is 0. The van der Waals surface area contributed by atoms with Crippen LogP contribution in [0.3, 0.4) is 0 Å². The van der Waals surface area contributed by atoms with Crippen molar-refractivity contribution in [2.24, 2.45) is 16.6 Å². The Labute approximate surface area is 97.8 Å². The first-order valence-corrected chi connectivity index (χ1v) is 5.63. The summed E-state index contributed by atoms with van der Waals surface area (Å²) < 4.78 is 0. The van der Waals surface area contributed by atoms with Crippen molar-refractivity contribution in [2.45, 2.75) is 27.7 Å². The van der Waals surface area contributed by atoms with Crippen molar-refractivity contribution >= 4 is 11.6 Å². The van der Waals surface area contributed by atoms with Crippen LogP contribution in [0.5, 0.6) is 0 Å². The van der Waals surface area contributed by atoms with Gasteiger partial charge in [-0.25, -0.2) is 0 Å². The number of guanidine groups is 1. The van der Waals surface area contributed by atoms with E-state index >= 15 is 0 Å². The molecule has 1 aromatic carbocycles. The highest BCUT2D eigenvalue weighted by molar-refractivity contribution is 5.92. The van der Waals surface area contributed by atoms with E-state index in [0.717, 1.165) is 12.2 Å². The molecule has 0 aliphatic heterocycles. The van der Waals surface area contributed by atoms with E-state index in [0.29, 0.717) is 11.9 Å². The highest BCUT2D eigenvalue weighted by Crippen LogP contribution is 2.13. The van der Waals surface area contributed by atoms with Crippen molar-refractivity contribution in [2.75, 3.05) is 11.9 Å². The van der Waals surface area contributed by atoms with Crippen molar-refractivity contribution in [3.05, 3.63) is 29.3 Å². The van der Waals surface area contributed by atoms with Crippen LogP contribution < -0.4 is 11.1 Å². The summed E-state index contributed by atoms with van der Waals surface area (Å²) in [5, 5.41) is 3.09. The normalized spacial score (nSPS) is 11.9. The minimum Gasteiger partial charge on any atom is -0.370 e. The minimum absolute atomic E-state index is 0.483. The first-order valence-electron chi connectivity index (χ1n) is 5.63. The molecule has 0 aliphatic rings. The first kappa shape index (κ1) is 12.6. The minimum atomic E-state index is 0.483. The van der Waals surface area contributed by atoms with Crippen molar-refractivity contribution in [1.29, 1.82) is 0 Å². The lowest BCUT2D eigenvalue weighted by molar-refractivity contribution is 0.665. The van der Waals surface area contributed by atoms with E-state index in [1.165, 1.54) is 11.1 Å². The van der Waals surface area contributed by atoms with Crippen LogP contribution in [-0.4, -0.2) is 12.5 Å².